The maximum atomic E-state index is 13.8. The van der Waals surface area contributed by atoms with Crippen LogP contribution in [0.3, 0.4) is 0 Å². The summed E-state index contributed by atoms with van der Waals surface area (Å²) >= 11 is 0. The molecule has 20 heavy (non-hydrogen) atoms. The number of amides is 1. The summed E-state index contributed by atoms with van der Waals surface area (Å²) in [6.45, 7) is 1.48. The van der Waals surface area contributed by atoms with Gasteiger partial charge in [0, 0.05) is 7.05 Å². The van der Waals surface area contributed by atoms with E-state index in [4.69, 9.17) is 0 Å². The SMILES string of the molecule is CNc1cncc(C(=O)Nc2c(F)ccc(C)c2F)n1. The molecule has 1 amide bonds. The van der Waals surface area contributed by atoms with Crippen LogP contribution in [0.25, 0.3) is 0 Å². The van der Waals surface area contributed by atoms with Crippen LogP contribution in [0, 0.1) is 18.6 Å². The number of halogens is 2. The van der Waals surface area contributed by atoms with E-state index in [9.17, 15) is 13.6 Å². The lowest BCUT2D eigenvalue weighted by Gasteiger charge is -2.09. The highest BCUT2D eigenvalue weighted by Gasteiger charge is 2.16. The predicted octanol–water partition coefficient (Wildman–Crippen LogP) is 2.36. The van der Waals surface area contributed by atoms with Gasteiger partial charge in [-0.05, 0) is 18.6 Å². The Morgan fingerprint density at radius 2 is 2.00 bits per heavy atom. The van der Waals surface area contributed by atoms with Crippen LogP contribution in [0.4, 0.5) is 20.3 Å². The maximum absolute atomic E-state index is 13.8. The van der Waals surface area contributed by atoms with Crippen molar-refractivity contribution in [3.63, 3.8) is 0 Å². The minimum atomic E-state index is -0.848. The summed E-state index contributed by atoms with van der Waals surface area (Å²) < 4.78 is 27.3. The van der Waals surface area contributed by atoms with Crippen molar-refractivity contribution in [3.8, 4) is 0 Å². The van der Waals surface area contributed by atoms with Gasteiger partial charge in [-0.15, -0.1) is 0 Å². The molecule has 1 aromatic heterocycles. The molecule has 2 rings (SSSR count). The van der Waals surface area contributed by atoms with E-state index >= 15 is 0 Å². The molecule has 0 aliphatic rings. The summed E-state index contributed by atoms with van der Waals surface area (Å²) in [6.07, 6.45) is 2.63. The zero-order chi connectivity index (χ0) is 14.7. The first-order chi connectivity index (χ1) is 9.52. The molecule has 5 nitrogen and oxygen atoms in total. The van der Waals surface area contributed by atoms with Crippen LogP contribution < -0.4 is 10.6 Å². The Labute approximate surface area is 114 Å². The number of nitrogens with zero attached hydrogens (tertiary/aromatic N) is 2. The zero-order valence-electron chi connectivity index (χ0n) is 10.9. The fraction of sp³-hybridized carbons (Fsp3) is 0.154. The van der Waals surface area contributed by atoms with Crippen molar-refractivity contribution in [2.24, 2.45) is 0 Å². The minimum Gasteiger partial charge on any atom is -0.372 e. The van der Waals surface area contributed by atoms with Gasteiger partial charge in [-0.1, -0.05) is 6.07 Å². The summed E-state index contributed by atoms with van der Waals surface area (Å²) in [5, 5.41) is 4.88. The average molecular weight is 278 g/mol. The highest BCUT2D eigenvalue weighted by molar-refractivity contribution is 6.03. The van der Waals surface area contributed by atoms with Gasteiger partial charge < -0.3 is 10.6 Å². The first kappa shape index (κ1) is 13.9. The molecule has 104 valence electrons. The Kier molecular flexibility index (Phi) is 3.88. The second-order valence-electron chi connectivity index (χ2n) is 4.05. The van der Waals surface area contributed by atoms with Gasteiger partial charge in [-0.25, -0.2) is 13.8 Å². The van der Waals surface area contributed by atoms with Crippen molar-refractivity contribution < 1.29 is 13.6 Å². The van der Waals surface area contributed by atoms with E-state index in [1.807, 2.05) is 0 Å². The van der Waals surface area contributed by atoms with Crippen LogP contribution in [0.1, 0.15) is 16.1 Å². The maximum Gasteiger partial charge on any atom is 0.276 e. The van der Waals surface area contributed by atoms with Crippen molar-refractivity contribution in [3.05, 3.63) is 47.4 Å². The molecule has 0 saturated heterocycles. The van der Waals surface area contributed by atoms with Crippen LogP contribution in [0.2, 0.25) is 0 Å². The summed E-state index contributed by atoms with van der Waals surface area (Å²) in [5.74, 6) is -2.02. The van der Waals surface area contributed by atoms with Crippen molar-refractivity contribution in [1.29, 1.82) is 0 Å². The highest BCUT2D eigenvalue weighted by Crippen LogP contribution is 2.22. The molecule has 2 aromatic rings. The number of nitrogens with one attached hydrogen (secondary N) is 2. The van der Waals surface area contributed by atoms with Crippen molar-refractivity contribution >= 4 is 17.4 Å². The Morgan fingerprint density at radius 3 is 2.70 bits per heavy atom. The van der Waals surface area contributed by atoms with Gasteiger partial charge in [-0.3, -0.25) is 9.78 Å². The quantitative estimate of drug-likeness (QED) is 0.904. The number of carbonyl (C=O) groups is 1. The Balaban J connectivity index is 2.30. The molecule has 0 aliphatic heterocycles. The summed E-state index contributed by atoms with van der Waals surface area (Å²) in [5.41, 5.74) is -0.305. The third-order valence-electron chi connectivity index (χ3n) is 2.65. The molecule has 0 aliphatic carbocycles. The topological polar surface area (TPSA) is 66.9 Å². The Hall–Kier alpha value is -2.57. The number of hydrogen-bond donors (Lipinski definition) is 2. The van der Waals surface area contributed by atoms with E-state index in [0.29, 0.717) is 5.82 Å². The summed E-state index contributed by atoms with van der Waals surface area (Å²) in [4.78, 5) is 19.7. The number of aryl methyl sites for hydroxylation is 1. The van der Waals surface area contributed by atoms with Gasteiger partial charge in [0.2, 0.25) is 0 Å². The van der Waals surface area contributed by atoms with Crippen molar-refractivity contribution in [1.82, 2.24) is 9.97 Å². The van der Waals surface area contributed by atoms with E-state index in [1.165, 1.54) is 25.4 Å². The van der Waals surface area contributed by atoms with Gasteiger partial charge in [0.15, 0.2) is 5.82 Å². The van der Waals surface area contributed by atoms with Gasteiger partial charge in [-0.2, -0.15) is 0 Å². The molecular weight excluding hydrogens is 266 g/mol. The number of rotatable bonds is 3. The lowest BCUT2D eigenvalue weighted by Crippen LogP contribution is -2.17. The second-order valence-corrected chi connectivity index (χ2v) is 4.05. The third kappa shape index (κ3) is 2.71. The van der Waals surface area contributed by atoms with Gasteiger partial charge in [0.25, 0.3) is 5.91 Å². The second kappa shape index (κ2) is 5.60. The molecule has 7 heteroatoms. The number of benzene rings is 1. The molecule has 0 atom stereocenters. The number of carbonyl (C=O) groups excluding carboxylic acids is 1. The first-order valence-electron chi connectivity index (χ1n) is 5.78. The lowest BCUT2D eigenvalue weighted by atomic mass is 10.2. The predicted molar refractivity (Wildman–Crippen MR) is 70.6 cm³/mol. The van der Waals surface area contributed by atoms with Gasteiger partial charge in [0.1, 0.15) is 23.0 Å². The van der Waals surface area contributed by atoms with E-state index in [1.54, 1.807) is 7.05 Å². The molecule has 0 radical (unpaired) electrons. The molecule has 0 unspecified atom stereocenters. The zero-order valence-corrected chi connectivity index (χ0v) is 10.9. The smallest absolute Gasteiger partial charge is 0.276 e. The van der Waals surface area contributed by atoms with Gasteiger partial charge in [0.05, 0.1) is 12.4 Å². The van der Waals surface area contributed by atoms with Gasteiger partial charge >= 0.3 is 0 Å². The number of hydrogen-bond acceptors (Lipinski definition) is 4. The number of anilines is 2. The largest absolute Gasteiger partial charge is 0.372 e. The monoisotopic (exact) mass is 278 g/mol. The van der Waals surface area contributed by atoms with E-state index < -0.39 is 23.2 Å². The van der Waals surface area contributed by atoms with Crippen molar-refractivity contribution in [2.45, 2.75) is 6.92 Å². The molecule has 1 aromatic carbocycles. The molecule has 2 N–H and O–H groups in total. The fourth-order valence-electron chi connectivity index (χ4n) is 1.54. The standard InChI is InChI=1S/C13H12F2N4O/c1-7-3-4-8(14)12(11(7)15)19-13(20)9-5-17-6-10(16-2)18-9/h3-6H,1-2H3,(H,16,18)(H,19,20). The van der Waals surface area contributed by atoms with Crippen molar-refractivity contribution in [2.75, 3.05) is 17.7 Å². The summed E-state index contributed by atoms with van der Waals surface area (Å²) in [6, 6.07) is 2.38. The van der Waals surface area contributed by atoms with Crippen LogP contribution >= 0.6 is 0 Å². The Bertz CT molecular complexity index is 661. The molecule has 1 heterocycles. The fourth-order valence-corrected chi connectivity index (χ4v) is 1.54. The van der Waals surface area contributed by atoms with E-state index in [-0.39, 0.29) is 11.3 Å². The average Bonchev–Trinajstić information content (AvgIpc) is 2.47. The highest BCUT2D eigenvalue weighted by atomic mass is 19.1. The summed E-state index contributed by atoms with van der Waals surface area (Å²) in [7, 11) is 1.62. The number of aromatic nitrogens is 2. The lowest BCUT2D eigenvalue weighted by molar-refractivity contribution is 0.102. The minimum absolute atomic E-state index is 0.0443. The normalized spacial score (nSPS) is 10.2. The van der Waals surface area contributed by atoms with Crippen LogP contribution in [-0.2, 0) is 0 Å². The van der Waals surface area contributed by atoms with E-state index in [0.717, 1.165) is 6.07 Å². The molecule has 0 bridgehead atoms. The molecular formula is C13H12F2N4O. The van der Waals surface area contributed by atoms with Crippen LogP contribution in [0.5, 0.6) is 0 Å². The van der Waals surface area contributed by atoms with Crippen LogP contribution in [-0.4, -0.2) is 22.9 Å². The Morgan fingerprint density at radius 1 is 1.25 bits per heavy atom. The first-order valence-corrected chi connectivity index (χ1v) is 5.78. The van der Waals surface area contributed by atoms with E-state index in [2.05, 4.69) is 20.6 Å². The molecule has 0 saturated carbocycles. The van der Waals surface area contributed by atoms with Crippen LogP contribution in [0.15, 0.2) is 24.5 Å². The molecule has 0 fully saturated rings. The third-order valence-corrected chi connectivity index (χ3v) is 2.65. The molecule has 0 spiro atoms.